The van der Waals surface area contributed by atoms with E-state index in [2.05, 4.69) is 4.98 Å². The Morgan fingerprint density at radius 2 is 2.00 bits per heavy atom. The Balaban J connectivity index is 2.25. The maximum absolute atomic E-state index is 13.6. The molecule has 1 aromatic heterocycles. The van der Waals surface area contributed by atoms with Crippen LogP contribution in [0.15, 0.2) is 29.6 Å². The zero-order valence-corrected chi connectivity index (χ0v) is 12.3. The predicted octanol–water partition coefficient (Wildman–Crippen LogP) is 3.73. The second-order valence-corrected chi connectivity index (χ2v) is 5.47. The van der Waals surface area contributed by atoms with Crippen LogP contribution in [0.4, 0.5) is 22.7 Å². The van der Waals surface area contributed by atoms with Crippen molar-refractivity contribution in [1.82, 2.24) is 4.98 Å². The molecule has 1 heterocycles. The minimum Gasteiger partial charge on any atom is -0.279 e. The summed E-state index contributed by atoms with van der Waals surface area (Å²) < 4.78 is 51.6. The number of hydrogen-bond acceptors (Lipinski definition) is 3. The fraction of sp³-hybridized carbons (Fsp3) is 0.286. The van der Waals surface area contributed by atoms with Crippen LogP contribution in [-0.2, 0) is 11.2 Å². The van der Waals surface area contributed by atoms with Crippen molar-refractivity contribution in [2.75, 3.05) is 11.4 Å². The number of alkyl halides is 3. The highest BCUT2D eigenvalue weighted by atomic mass is 32.1. The standard InChI is InChI=1S/C14H12F4N2OS/c1-9-7-22-13(19-9)20(8-14(16,17)18)12(21)6-10-4-2-3-5-11(10)15/h2-5,7H,6,8H2,1H3. The molecule has 2 aromatic rings. The van der Waals surface area contributed by atoms with Crippen molar-refractivity contribution in [1.29, 1.82) is 0 Å². The SMILES string of the molecule is Cc1csc(N(CC(F)(F)F)C(=O)Cc2ccccc2F)n1. The van der Waals surface area contributed by atoms with Crippen LogP contribution in [0.25, 0.3) is 0 Å². The lowest BCUT2D eigenvalue weighted by Gasteiger charge is -2.21. The van der Waals surface area contributed by atoms with Crippen molar-refractivity contribution < 1.29 is 22.4 Å². The molecule has 0 atom stereocenters. The highest BCUT2D eigenvalue weighted by Crippen LogP contribution is 2.26. The van der Waals surface area contributed by atoms with Crippen molar-refractivity contribution in [2.24, 2.45) is 0 Å². The van der Waals surface area contributed by atoms with Crippen LogP contribution >= 0.6 is 11.3 Å². The van der Waals surface area contributed by atoms with Crippen LogP contribution in [0.3, 0.4) is 0 Å². The molecule has 0 N–H and O–H groups in total. The monoisotopic (exact) mass is 332 g/mol. The zero-order chi connectivity index (χ0) is 16.3. The topological polar surface area (TPSA) is 33.2 Å². The number of anilines is 1. The van der Waals surface area contributed by atoms with E-state index in [0.29, 0.717) is 10.6 Å². The number of hydrogen-bond donors (Lipinski definition) is 0. The molecular weight excluding hydrogens is 320 g/mol. The second-order valence-electron chi connectivity index (χ2n) is 4.63. The quantitative estimate of drug-likeness (QED) is 0.800. The number of rotatable bonds is 4. The maximum atomic E-state index is 13.6. The lowest BCUT2D eigenvalue weighted by atomic mass is 10.1. The smallest absolute Gasteiger partial charge is 0.279 e. The zero-order valence-electron chi connectivity index (χ0n) is 11.5. The van der Waals surface area contributed by atoms with Gasteiger partial charge in [-0.1, -0.05) is 18.2 Å². The van der Waals surface area contributed by atoms with Crippen molar-refractivity contribution in [3.05, 3.63) is 46.7 Å². The third kappa shape index (κ3) is 4.27. The van der Waals surface area contributed by atoms with Crippen LogP contribution < -0.4 is 4.90 Å². The first-order valence-corrected chi connectivity index (χ1v) is 7.17. The van der Waals surface area contributed by atoms with Crippen molar-refractivity contribution >= 4 is 22.4 Å². The Kier molecular flexibility index (Phi) is 4.80. The fourth-order valence-electron chi connectivity index (χ4n) is 1.81. The molecule has 3 nitrogen and oxygen atoms in total. The lowest BCUT2D eigenvalue weighted by Crippen LogP contribution is -2.40. The van der Waals surface area contributed by atoms with E-state index in [1.807, 2.05) is 0 Å². The van der Waals surface area contributed by atoms with Gasteiger partial charge in [0.15, 0.2) is 5.13 Å². The van der Waals surface area contributed by atoms with E-state index >= 15 is 0 Å². The molecule has 22 heavy (non-hydrogen) atoms. The summed E-state index contributed by atoms with van der Waals surface area (Å²) in [6.45, 7) is 0.167. The average Bonchev–Trinajstić information content (AvgIpc) is 2.84. The number of carbonyl (C=O) groups excluding carboxylic acids is 1. The Labute approximate surface area is 128 Å². The molecule has 1 amide bonds. The molecule has 118 valence electrons. The van der Waals surface area contributed by atoms with E-state index in [1.165, 1.54) is 18.2 Å². The average molecular weight is 332 g/mol. The second kappa shape index (κ2) is 6.43. The van der Waals surface area contributed by atoms with Gasteiger partial charge in [0.2, 0.25) is 5.91 Å². The molecule has 0 saturated carbocycles. The Morgan fingerprint density at radius 3 is 2.55 bits per heavy atom. The van der Waals surface area contributed by atoms with E-state index in [-0.39, 0.29) is 10.7 Å². The first-order valence-electron chi connectivity index (χ1n) is 6.29. The summed E-state index contributed by atoms with van der Waals surface area (Å²) >= 11 is 0.942. The summed E-state index contributed by atoms with van der Waals surface area (Å²) in [5, 5.41) is 1.51. The molecule has 1 aromatic carbocycles. The molecule has 0 unspecified atom stereocenters. The van der Waals surface area contributed by atoms with Crippen molar-refractivity contribution in [3.63, 3.8) is 0 Å². The molecule has 0 fully saturated rings. The number of aryl methyl sites for hydroxylation is 1. The molecule has 8 heteroatoms. The largest absolute Gasteiger partial charge is 0.406 e. The third-order valence-corrected chi connectivity index (χ3v) is 3.76. The molecule has 0 spiro atoms. The number of halogens is 4. The highest BCUT2D eigenvalue weighted by Gasteiger charge is 2.35. The number of aromatic nitrogens is 1. The summed E-state index contributed by atoms with van der Waals surface area (Å²) in [6, 6.07) is 5.49. The van der Waals surface area contributed by atoms with Gasteiger partial charge in [-0.05, 0) is 18.6 Å². The molecule has 0 saturated heterocycles. The summed E-state index contributed by atoms with van der Waals surface area (Å²) in [4.78, 5) is 16.6. The Hall–Kier alpha value is -1.96. The molecule has 0 aliphatic rings. The summed E-state index contributed by atoms with van der Waals surface area (Å²) in [6.07, 6.45) is -5.02. The van der Waals surface area contributed by atoms with Crippen LogP contribution in [-0.4, -0.2) is 23.6 Å². The highest BCUT2D eigenvalue weighted by molar-refractivity contribution is 7.14. The first kappa shape index (κ1) is 16.4. The number of thiazole rings is 1. The normalized spacial score (nSPS) is 11.5. The van der Waals surface area contributed by atoms with Gasteiger partial charge in [0, 0.05) is 5.38 Å². The molecule has 2 rings (SSSR count). The molecule has 0 aliphatic carbocycles. The summed E-state index contributed by atoms with van der Waals surface area (Å²) in [5.41, 5.74) is 0.568. The number of benzene rings is 1. The van der Waals surface area contributed by atoms with E-state index in [4.69, 9.17) is 0 Å². The minimum atomic E-state index is -4.57. The maximum Gasteiger partial charge on any atom is 0.406 e. The Bertz CT molecular complexity index is 669. The van der Waals surface area contributed by atoms with Gasteiger partial charge in [-0.15, -0.1) is 11.3 Å². The van der Waals surface area contributed by atoms with Gasteiger partial charge in [0.1, 0.15) is 12.4 Å². The van der Waals surface area contributed by atoms with Gasteiger partial charge in [-0.3, -0.25) is 9.69 Å². The van der Waals surface area contributed by atoms with E-state index < -0.39 is 30.9 Å². The van der Waals surface area contributed by atoms with Gasteiger partial charge >= 0.3 is 6.18 Å². The van der Waals surface area contributed by atoms with Gasteiger partial charge < -0.3 is 0 Å². The minimum absolute atomic E-state index is 0.0452. The van der Waals surface area contributed by atoms with Crippen LogP contribution in [0.1, 0.15) is 11.3 Å². The number of carbonyl (C=O) groups is 1. The van der Waals surface area contributed by atoms with Gasteiger partial charge in [-0.25, -0.2) is 9.37 Å². The van der Waals surface area contributed by atoms with Crippen molar-refractivity contribution in [2.45, 2.75) is 19.5 Å². The van der Waals surface area contributed by atoms with Gasteiger partial charge in [0.05, 0.1) is 12.1 Å². The first-order chi connectivity index (χ1) is 10.3. The third-order valence-electron chi connectivity index (χ3n) is 2.78. The lowest BCUT2D eigenvalue weighted by molar-refractivity contribution is -0.132. The van der Waals surface area contributed by atoms with Crippen LogP contribution in [0.5, 0.6) is 0 Å². The van der Waals surface area contributed by atoms with E-state index in [0.717, 1.165) is 17.4 Å². The molecule has 0 bridgehead atoms. The van der Waals surface area contributed by atoms with Crippen LogP contribution in [0, 0.1) is 12.7 Å². The van der Waals surface area contributed by atoms with E-state index in [1.54, 1.807) is 12.3 Å². The molecule has 0 radical (unpaired) electrons. The predicted molar refractivity (Wildman–Crippen MR) is 75.4 cm³/mol. The van der Waals surface area contributed by atoms with E-state index in [9.17, 15) is 22.4 Å². The summed E-state index contributed by atoms with van der Waals surface area (Å²) in [7, 11) is 0. The fourth-order valence-corrected chi connectivity index (χ4v) is 2.63. The summed E-state index contributed by atoms with van der Waals surface area (Å²) in [5.74, 6) is -1.48. The molecule has 0 aliphatic heterocycles. The number of nitrogens with zero attached hydrogens (tertiary/aromatic N) is 2. The number of amides is 1. The van der Waals surface area contributed by atoms with Crippen LogP contribution in [0.2, 0.25) is 0 Å². The molecular formula is C14H12F4N2OS. The van der Waals surface area contributed by atoms with Crippen molar-refractivity contribution in [3.8, 4) is 0 Å². The van der Waals surface area contributed by atoms with Gasteiger partial charge in [0.25, 0.3) is 0 Å². The Morgan fingerprint density at radius 1 is 1.32 bits per heavy atom. The van der Waals surface area contributed by atoms with Gasteiger partial charge in [-0.2, -0.15) is 13.2 Å².